The van der Waals surface area contributed by atoms with Crippen LogP contribution in [-0.2, 0) is 4.79 Å². The molecule has 1 fully saturated rings. The lowest BCUT2D eigenvalue weighted by Gasteiger charge is -2.31. The number of rotatable bonds is 3. The number of piperazine rings is 1. The van der Waals surface area contributed by atoms with Gasteiger partial charge < -0.3 is 19.9 Å². The number of ether oxygens (including phenoxy) is 1. The van der Waals surface area contributed by atoms with E-state index in [9.17, 15) is 4.79 Å². The summed E-state index contributed by atoms with van der Waals surface area (Å²) < 4.78 is 5.01. The molecule has 1 aliphatic rings. The van der Waals surface area contributed by atoms with Gasteiger partial charge in [-0.3, -0.25) is 4.79 Å². The molecule has 8 nitrogen and oxygen atoms in total. The summed E-state index contributed by atoms with van der Waals surface area (Å²) >= 11 is 0. The average Bonchev–Trinajstić information content (AvgIpc) is 2.41. The molecule has 1 aromatic heterocycles. The van der Waals surface area contributed by atoms with Crippen molar-refractivity contribution < 1.29 is 9.53 Å². The molecule has 1 aromatic rings. The Bertz CT molecular complexity index is 430. The van der Waals surface area contributed by atoms with Gasteiger partial charge in [0.15, 0.2) is 0 Å². The molecule has 98 valence electrons. The fraction of sp³-hybridized carbons (Fsp3) is 0.600. The maximum absolute atomic E-state index is 11.7. The molecule has 2 heterocycles. The van der Waals surface area contributed by atoms with E-state index in [1.54, 1.807) is 19.0 Å². The average molecular weight is 252 g/mol. The third-order valence-corrected chi connectivity index (χ3v) is 2.75. The number of carbonyl (C=O) groups is 1. The van der Waals surface area contributed by atoms with Crippen molar-refractivity contribution in [3.8, 4) is 6.01 Å². The fourth-order valence-electron chi connectivity index (χ4n) is 1.62. The van der Waals surface area contributed by atoms with Crippen LogP contribution < -0.4 is 15.0 Å². The van der Waals surface area contributed by atoms with Crippen LogP contribution in [0.1, 0.15) is 0 Å². The van der Waals surface area contributed by atoms with E-state index in [1.165, 1.54) is 7.11 Å². The van der Waals surface area contributed by atoms with Crippen LogP contribution in [0.25, 0.3) is 0 Å². The van der Waals surface area contributed by atoms with E-state index < -0.39 is 0 Å². The van der Waals surface area contributed by atoms with Gasteiger partial charge in [-0.15, -0.1) is 0 Å². The number of nitrogens with zero attached hydrogens (tertiary/aromatic N) is 5. The van der Waals surface area contributed by atoms with Gasteiger partial charge in [0.1, 0.15) is 0 Å². The lowest BCUT2D eigenvalue weighted by Crippen LogP contribution is -2.49. The summed E-state index contributed by atoms with van der Waals surface area (Å²) in [6.07, 6.45) is 0. The number of hydrogen-bond donors (Lipinski definition) is 1. The minimum absolute atomic E-state index is 0.0478. The first kappa shape index (κ1) is 12.3. The Morgan fingerprint density at radius 2 is 2.06 bits per heavy atom. The van der Waals surface area contributed by atoms with E-state index >= 15 is 0 Å². The van der Waals surface area contributed by atoms with Gasteiger partial charge >= 0.3 is 6.01 Å². The SMILES string of the molecule is CNc1nc(OC)nc(N2CCN(C)C(=O)C2)n1. The smallest absolute Gasteiger partial charge is 0.322 e. The predicted molar refractivity (Wildman–Crippen MR) is 65.8 cm³/mol. The van der Waals surface area contributed by atoms with Gasteiger partial charge in [-0.1, -0.05) is 0 Å². The van der Waals surface area contributed by atoms with Crippen LogP contribution in [0.5, 0.6) is 6.01 Å². The molecule has 1 N–H and O–H groups in total. The first-order valence-electron chi connectivity index (χ1n) is 5.60. The number of anilines is 2. The zero-order valence-electron chi connectivity index (χ0n) is 10.7. The van der Waals surface area contributed by atoms with Gasteiger partial charge in [0.2, 0.25) is 17.8 Å². The van der Waals surface area contributed by atoms with Gasteiger partial charge in [0.05, 0.1) is 13.7 Å². The van der Waals surface area contributed by atoms with Crippen molar-refractivity contribution in [2.75, 3.05) is 51.1 Å². The van der Waals surface area contributed by atoms with Crippen LogP contribution in [0.2, 0.25) is 0 Å². The highest BCUT2D eigenvalue weighted by atomic mass is 16.5. The van der Waals surface area contributed by atoms with Crippen molar-refractivity contribution in [1.29, 1.82) is 0 Å². The molecule has 0 bridgehead atoms. The molecule has 0 atom stereocenters. The molecular weight excluding hydrogens is 236 g/mol. The van der Waals surface area contributed by atoms with Crippen molar-refractivity contribution in [2.45, 2.75) is 0 Å². The van der Waals surface area contributed by atoms with E-state index in [4.69, 9.17) is 4.74 Å². The standard InChI is InChI=1S/C10H16N6O2/c1-11-8-12-9(14-10(13-8)18-3)16-5-4-15(2)7(17)6-16/h4-6H2,1-3H3,(H,11,12,13,14). The molecule has 0 spiro atoms. The fourth-order valence-corrected chi connectivity index (χ4v) is 1.62. The minimum atomic E-state index is 0.0478. The highest BCUT2D eigenvalue weighted by molar-refractivity contribution is 5.81. The molecule has 1 aliphatic heterocycles. The number of likely N-dealkylation sites (N-methyl/N-ethyl adjacent to an activating group) is 1. The van der Waals surface area contributed by atoms with Crippen LogP contribution in [0, 0.1) is 0 Å². The van der Waals surface area contributed by atoms with E-state index in [0.29, 0.717) is 25.0 Å². The highest BCUT2D eigenvalue weighted by Crippen LogP contribution is 2.16. The second kappa shape index (κ2) is 5.03. The Kier molecular flexibility index (Phi) is 3.45. The van der Waals surface area contributed by atoms with Gasteiger partial charge in [0.25, 0.3) is 0 Å². The molecular formula is C10H16N6O2. The second-order valence-corrected chi connectivity index (χ2v) is 3.93. The van der Waals surface area contributed by atoms with Crippen LogP contribution >= 0.6 is 0 Å². The maximum Gasteiger partial charge on any atom is 0.322 e. The van der Waals surface area contributed by atoms with Gasteiger partial charge in [-0.2, -0.15) is 15.0 Å². The first-order chi connectivity index (χ1) is 8.63. The number of nitrogens with one attached hydrogen (secondary N) is 1. The van der Waals surface area contributed by atoms with Crippen molar-refractivity contribution in [2.24, 2.45) is 0 Å². The molecule has 0 unspecified atom stereocenters. The van der Waals surface area contributed by atoms with E-state index in [-0.39, 0.29) is 18.5 Å². The molecule has 0 saturated carbocycles. The maximum atomic E-state index is 11.7. The Hall–Kier alpha value is -2.12. The van der Waals surface area contributed by atoms with Gasteiger partial charge in [-0.05, 0) is 0 Å². The summed E-state index contributed by atoms with van der Waals surface area (Å²) in [5.74, 6) is 0.919. The van der Waals surface area contributed by atoms with Crippen molar-refractivity contribution in [1.82, 2.24) is 19.9 Å². The second-order valence-electron chi connectivity index (χ2n) is 3.93. The number of aromatic nitrogens is 3. The summed E-state index contributed by atoms with van der Waals surface area (Å²) in [7, 11) is 4.99. The normalized spacial score (nSPS) is 15.8. The third-order valence-electron chi connectivity index (χ3n) is 2.75. The molecule has 8 heteroatoms. The molecule has 0 radical (unpaired) electrons. The third kappa shape index (κ3) is 2.41. The van der Waals surface area contributed by atoms with Gasteiger partial charge in [-0.25, -0.2) is 0 Å². The largest absolute Gasteiger partial charge is 0.467 e. The van der Waals surface area contributed by atoms with Crippen molar-refractivity contribution >= 4 is 17.8 Å². The van der Waals surface area contributed by atoms with E-state index in [2.05, 4.69) is 20.3 Å². The Balaban J connectivity index is 2.24. The summed E-state index contributed by atoms with van der Waals surface area (Å²) in [4.78, 5) is 27.6. The van der Waals surface area contributed by atoms with Gasteiger partial charge in [0, 0.05) is 27.2 Å². The Labute approximate surface area is 105 Å². The lowest BCUT2D eigenvalue weighted by molar-refractivity contribution is -0.129. The van der Waals surface area contributed by atoms with E-state index in [1.807, 2.05) is 4.90 Å². The topological polar surface area (TPSA) is 83.5 Å². The van der Waals surface area contributed by atoms with E-state index in [0.717, 1.165) is 0 Å². The van der Waals surface area contributed by atoms with Crippen LogP contribution in [0.15, 0.2) is 0 Å². The summed E-state index contributed by atoms with van der Waals surface area (Å²) in [5, 5.41) is 2.84. The molecule has 2 rings (SSSR count). The summed E-state index contributed by atoms with van der Waals surface area (Å²) in [6, 6.07) is 0.232. The zero-order valence-corrected chi connectivity index (χ0v) is 10.7. The first-order valence-corrected chi connectivity index (χ1v) is 5.60. The molecule has 1 saturated heterocycles. The zero-order chi connectivity index (χ0) is 13.1. The molecule has 0 aromatic carbocycles. The van der Waals surface area contributed by atoms with Crippen LogP contribution in [0.3, 0.4) is 0 Å². The molecule has 18 heavy (non-hydrogen) atoms. The number of hydrogen-bond acceptors (Lipinski definition) is 7. The Morgan fingerprint density at radius 3 is 2.67 bits per heavy atom. The van der Waals surface area contributed by atoms with Crippen molar-refractivity contribution in [3.63, 3.8) is 0 Å². The lowest BCUT2D eigenvalue weighted by atomic mass is 10.3. The Morgan fingerprint density at radius 1 is 1.28 bits per heavy atom. The number of amides is 1. The predicted octanol–water partition coefficient (Wildman–Crippen LogP) is -0.800. The minimum Gasteiger partial charge on any atom is -0.467 e. The number of carbonyl (C=O) groups excluding carboxylic acids is 1. The quantitative estimate of drug-likeness (QED) is 0.754. The van der Waals surface area contributed by atoms with Crippen LogP contribution in [-0.4, -0.2) is 66.6 Å². The van der Waals surface area contributed by atoms with Crippen LogP contribution in [0.4, 0.5) is 11.9 Å². The monoisotopic (exact) mass is 252 g/mol. The number of methoxy groups -OCH3 is 1. The molecule has 0 aliphatic carbocycles. The summed E-state index contributed by atoms with van der Waals surface area (Å²) in [5.41, 5.74) is 0. The van der Waals surface area contributed by atoms with Crippen molar-refractivity contribution in [3.05, 3.63) is 0 Å². The highest BCUT2D eigenvalue weighted by Gasteiger charge is 2.23. The summed E-state index contributed by atoms with van der Waals surface area (Å²) in [6.45, 7) is 1.62. The molecule has 1 amide bonds.